The molecule has 1 unspecified atom stereocenters. The third-order valence-corrected chi connectivity index (χ3v) is 5.21. The van der Waals surface area contributed by atoms with Gasteiger partial charge in [-0.25, -0.2) is 14.8 Å². The number of carbonyl (C=O) groups excluding carboxylic acids is 1. The summed E-state index contributed by atoms with van der Waals surface area (Å²) in [6.07, 6.45) is 5.35. The first kappa shape index (κ1) is 17.0. The maximum Gasteiger partial charge on any atom is 0.323 e. The van der Waals surface area contributed by atoms with Gasteiger partial charge in [-0.05, 0) is 24.8 Å². The lowest BCUT2D eigenvalue weighted by molar-refractivity contribution is 0.154. The van der Waals surface area contributed by atoms with E-state index in [0.717, 1.165) is 44.8 Å². The van der Waals surface area contributed by atoms with Gasteiger partial charge in [0.15, 0.2) is 0 Å². The molecular weight excluding hydrogens is 332 g/mol. The minimum Gasteiger partial charge on any atom is -0.381 e. The Kier molecular flexibility index (Phi) is 4.36. The first-order valence-corrected chi connectivity index (χ1v) is 9.07. The van der Waals surface area contributed by atoms with E-state index in [4.69, 9.17) is 4.74 Å². The zero-order chi connectivity index (χ0) is 18.1. The number of hydrogen-bond acceptors (Lipinski definition) is 5. The Morgan fingerprint density at radius 1 is 1.31 bits per heavy atom. The Morgan fingerprint density at radius 2 is 2.12 bits per heavy atom. The summed E-state index contributed by atoms with van der Waals surface area (Å²) in [5.74, 6) is 1.27. The second-order valence-corrected chi connectivity index (χ2v) is 7.47. The molecule has 8 heteroatoms. The van der Waals surface area contributed by atoms with Crippen molar-refractivity contribution in [2.75, 3.05) is 31.6 Å². The second kappa shape index (κ2) is 6.68. The highest BCUT2D eigenvalue weighted by molar-refractivity contribution is 5.89. The Balaban J connectivity index is 1.55. The van der Waals surface area contributed by atoms with Gasteiger partial charge in [-0.15, -0.1) is 0 Å². The van der Waals surface area contributed by atoms with E-state index in [1.54, 1.807) is 23.1 Å². The Hall–Kier alpha value is -2.48. The molecule has 2 aromatic rings. The molecule has 138 valence electrons. The lowest BCUT2D eigenvalue weighted by atomic mass is 9.87. The molecule has 1 N–H and O–H groups in total. The summed E-state index contributed by atoms with van der Waals surface area (Å²) in [6.45, 7) is 7.17. The lowest BCUT2D eigenvalue weighted by Gasteiger charge is -2.22. The molecule has 0 aromatic carbocycles. The zero-order valence-corrected chi connectivity index (χ0v) is 15.2. The number of nitrogens with one attached hydrogen (secondary N) is 1. The molecule has 8 nitrogen and oxygen atoms in total. The van der Waals surface area contributed by atoms with Gasteiger partial charge in [-0.1, -0.05) is 13.8 Å². The van der Waals surface area contributed by atoms with Gasteiger partial charge in [0.05, 0.1) is 12.3 Å². The molecule has 2 aromatic heterocycles. The third kappa shape index (κ3) is 3.16. The highest BCUT2D eigenvalue weighted by Gasteiger charge is 2.42. The first-order chi connectivity index (χ1) is 12.6. The van der Waals surface area contributed by atoms with Crippen LogP contribution >= 0.6 is 0 Å². The molecule has 0 saturated carbocycles. The van der Waals surface area contributed by atoms with Crippen molar-refractivity contribution in [1.29, 1.82) is 0 Å². The van der Waals surface area contributed by atoms with Crippen LogP contribution in [-0.2, 0) is 4.74 Å². The molecule has 4 heterocycles. The largest absolute Gasteiger partial charge is 0.381 e. The third-order valence-electron chi connectivity index (χ3n) is 5.21. The number of likely N-dealkylation sites (tertiary alicyclic amines) is 1. The van der Waals surface area contributed by atoms with E-state index in [2.05, 4.69) is 34.2 Å². The summed E-state index contributed by atoms with van der Waals surface area (Å²) in [7, 11) is 0. The summed E-state index contributed by atoms with van der Waals surface area (Å²) in [6, 6.07) is 3.53. The predicted octanol–water partition coefficient (Wildman–Crippen LogP) is 2.43. The monoisotopic (exact) mass is 356 g/mol. The number of rotatable bonds is 3. The fourth-order valence-corrected chi connectivity index (χ4v) is 3.59. The molecule has 4 rings (SSSR count). The van der Waals surface area contributed by atoms with Crippen LogP contribution in [0, 0.1) is 5.41 Å². The molecule has 2 aliphatic heterocycles. The minimum absolute atomic E-state index is 0.110. The van der Waals surface area contributed by atoms with Crippen molar-refractivity contribution in [3.05, 3.63) is 30.2 Å². The van der Waals surface area contributed by atoms with Crippen LogP contribution in [0.3, 0.4) is 0 Å². The van der Waals surface area contributed by atoms with Crippen LogP contribution in [0.4, 0.5) is 10.6 Å². The summed E-state index contributed by atoms with van der Waals surface area (Å²) < 4.78 is 7.14. The van der Waals surface area contributed by atoms with Crippen molar-refractivity contribution in [1.82, 2.24) is 24.6 Å². The molecule has 2 fully saturated rings. The fraction of sp³-hybridized carbons (Fsp3) is 0.556. The van der Waals surface area contributed by atoms with E-state index in [1.807, 2.05) is 11.0 Å². The van der Waals surface area contributed by atoms with Gasteiger partial charge < -0.3 is 9.64 Å². The van der Waals surface area contributed by atoms with Crippen LogP contribution in [0.15, 0.2) is 24.5 Å². The van der Waals surface area contributed by atoms with Gasteiger partial charge in [0, 0.05) is 43.6 Å². The predicted molar refractivity (Wildman–Crippen MR) is 96.3 cm³/mol. The summed E-state index contributed by atoms with van der Waals surface area (Å²) >= 11 is 0. The maximum atomic E-state index is 12.8. The van der Waals surface area contributed by atoms with E-state index in [-0.39, 0.29) is 17.4 Å². The molecule has 2 aliphatic rings. The molecule has 2 amide bonds. The number of aromatic nitrogens is 4. The number of anilines is 1. The van der Waals surface area contributed by atoms with E-state index in [1.165, 1.54) is 0 Å². The molecule has 1 spiro atoms. The fourth-order valence-electron chi connectivity index (χ4n) is 3.59. The van der Waals surface area contributed by atoms with E-state index in [9.17, 15) is 4.79 Å². The van der Waals surface area contributed by atoms with Crippen molar-refractivity contribution in [2.24, 2.45) is 5.41 Å². The minimum atomic E-state index is -0.110. The van der Waals surface area contributed by atoms with E-state index in [0.29, 0.717) is 11.8 Å². The van der Waals surface area contributed by atoms with Crippen LogP contribution in [0.25, 0.3) is 5.95 Å². The number of hydrogen-bond donors (Lipinski definition) is 1. The quantitative estimate of drug-likeness (QED) is 0.913. The second-order valence-electron chi connectivity index (χ2n) is 7.47. The lowest BCUT2D eigenvalue weighted by Crippen LogP contribution is -2.36. The summed E-state index contributed by atoms with van der Waals surface area (Å²) in [4.78, 5) is 23.2. The smallest absolute Gasteiger partial charge is 0.323 e. The molecule has 0 bridgehead atoms. The maximum absolute atomic E-state index is 12.8. The molecule has 0 radical (unpaired) electrons. The number of urea groups is 1. The SMILES string of the molecule is CC(C)c1cc(NC(=O)N2CCC3(CCOC3)C2)n(-c2ncccn2)n1. The zero-order valence-electron chi connectivity index (χ0n) is 15.2. The highest BCUT2D eigenvalue weighted by Crippen LogP contribution is 2.38. The van der Waals surface area contributed by atoms with Crippen LogP contribution in [0.1, 0.15) is 38.3 Å². The van der Waals surface area contributed by atoms with Gasteiger partial charge >= 0.3 is 6.03 Å². The van der Waals surface area contributed by atoms with E-state index >= 15 is 0 Å². The molecule has 0 aliphatic carbocycles. The van der Waals surface area contributed by atoms with Crippen LogP contribution < -0.4 is 5.32 Å². The number of amides is 2. The number of carbonyl (C=O) groups is 1. The Labute approximate surface area is 152 Å². The highest BCUT2D eigenvalue weighted by atomic mass is 16.5. The van der Waals surface area contributed by atoms with Gasteiger partial charge in [-0.3, -0.25) is 5.32 Å². The normalized spacial score (nSPS) is 22.5. The van der Waals surface area contributed by atoms with Gasteiger partial charge in [0.2, 0.25) is 0 Å². The van der Waals surface area contributed by atoms with Crippen LogP contribution in [-0.4, -0.2) is 57.0 Å². The summed E-state index contributed by atoms with van der Waals surface area (Å²) in [5, 5.41) is 7.57. The van der Waals surface area contributed by atoms with Crippen LogP contribution in [0.5, 0.6) is 0 Å². The molecule has 2 saturated heterocycles. The Bertz CT molecular complexity index is 782. The summed E-state index contributed by atoms with van der Waals surface area (Å²) in [5.41, 5.74) is 1.03. The number of nitrogens with zero attached hydrogens (tertiary/aromatic N) is 5. The average Bonchev–Trinajstić information content (AvgIpc) is 3.37. The van der Waals surface area contributed by atoms with Gasteiger partial charge in [-0.2, -0.15) is 9.78 Å². The first-order valence-electron chi connectivity index (χ1n) is 9.07. The molecular formula is C18H24N6O2. The van der Waals surface area contributed by atoms with Crippen molar-refractivity contribution < 1.29 is 9.53 Å². The van der Waals surface area contributed by atoms with Crippen molar-refractivity contribution >= 4 is 11.8 Å². The topological polar surface area (TPSA) is 85.2 Å². The van der Waals surface area contributed by atoms with Crippen LogP contribution in [0.2, 0.25) is 0 Å². The number of ether oxygens (including phenoxy) is 1. The standard InChI is InChI=1S/C18H24N6O2/c1-13(2)14-10-15(24(22-14)16-19-6-3-7-20-16)21-17(25)23-8-4-18(11-23)5-9-26-12-18/h3,6-7,10,13H,4-5,8-9,11-12H2,1-2H3,(H,21,25). The molecule has 26 heavy (non-hydrogen) atoms. The van der Waals surface area contributed by atoms with Gasteiger partial charge in [0.25, 0.3) is 5.95 Å². The van der Waals surface area contributed by atoms with Crippen molar-refractivity contribution in [3.63, 3.8) is 0 Å². The van der Waals surface area contributed by atoms with Gasteiger partial charge in [0.1, 0.15) is 5.82 Å². The van der Waals surface area contributed by atoms with E-state index < -0.39 is 0 Å². The van der Waals surface area contributed by atoms with Crippen molar-refractivity contribution in [2.45, 2.75) is 32.6 Å². The Morgan fingerprint density at radius 3 is 2.81 bits per heavy atom. The average molecular weight is 356 g/mol. The molecule has 1 atom stereocenters. The van der Waals surface area contributed by atoms with Crippen molar-refractivity contribution in [3.8, 4) is 5.95 Å².